The van der Waals surface area contributed by atoms with Gasteiger partial charge in [0.15, 0.2) is 11.5 Å². The van der Waals surface area contributed by atoms with Crippen molar-refractivity contribution >= 4 is 28.3 Å². The Kier molecular flexibility index (Phi) is 8.81. The molecule has 3 unspecified atom stereocenters. The monoisotopic (exact) mass is 480 g/mol. The number of carbonyl (C=O) groups is 1. The molecule has 0 saturated heterocycles. The average Bonchev–Trinajstić information content (AvgIpc) is 3.51. The van der Waals surface area contributed by atoms with Gasteiger partial charge in [-0.1, -0.05) is 34.6 Å². The van der Waals surface area contributed by atoms with E-state index in [2.05, 4.69) is 22.3 Å². The lowest BCUT2D eigenvalue weighted by Gasteiger charge is -2.33. The van der Waals surface area contributed by atoms with Crippen molar-refractivity contribution in [1.82, 2.24) is 24.4 Å². The molecule has 3 aromatic heterocycles. The normalized spacial score (nSPS) is 19.3. The molecule has 0 radical (unpaired) electrons. The highest BCUT2D eigenvalue weighted by Crippen LogP contribution is 2.35. The number of aliphatic hydroxyl groups excluding tert-OH is 1. The molecule has 0 bridgehead atoms. The van der Waals surface area contributed by atoms with E-state index in [0.717, 1.165) is 30.2 Å². The minimum absolute atomic E-state index is 0.121. The first-order valence-corrected chi connectivity index (χ1v) is 12.4. The molecule has 188 valence electrons. The molecule has 1 fully saturated rings. The number of nitrogens with one attached hydrogen (secondary N) is 1. The molecule has 9 heteroatoms. The molecule has 1 aliphatic rings. The van der Waals surface area contributed by atoms with Gasteiger partial charge >= 0.3 is 0 Å². The number of nitrogens with zero attached hydrogens (tertiary/aromatic N) is 5. The fourth-order valence-electron chi connectivity index (χ4n) is 4.38. The van der Waals surface area contributed by atoms with Gasteiger partial charge in [-0.3, -0.25) is 9.48 Å². The van der Waals surface area contributed by atoms with E-state index in [4.69, 9.17) is 9.84 Å². The van der Waals surface area contributed by atoms with E-state index in [1.165, 1.54) is 7.11 Å². The zero-order valence-corrected chi connectivity index (χ0v) is 21.4. The van der Waals surface area contributed by atoms with Crippen molar-refractivity contribution in [2.75, 3.05) is 12.4 Å². The van der Waals surface area contributed by atoms with Crippen LogP contribution >= 0.6 is 0 Å². The van der Waals surface area contributed by atoms with Gasteiger partial charge in [0.2, 0.25) is 0 Å². The van der Waals surface area contributed by atoms with Crippen molar-refractivity contribution in [3.05, 3.63) is 48.4 Å². The summed E-state index contributed by atoms with van der Waals surface area (Å²) in [5, 5.41) is 22.9. The van der Waals surface area contributed by atoms with Gasteiger partial charge in [0.05, 0.1) is 36.5 Å². The quantitative estimate of drug-likeness (QED) is 0.420. The van der Waals surface area contributed by atoms with Crippen LogP contribution in [-0.4, -0.2) is 48.6 Å². The lowest BCUT2D eigenvalue weighted by Crippen LogP contribution is -2.32. The van der Waals surface area contributed by atoms with Crippen molar-refractivity contribution in [2.24, 2.45) is 5.92 Å². The number of fused-ring (bicyclic) bond motifs is 2. The smallest absolute Gasteiger partial charge is 0.260 e. The van der Waals surface area contributed by atoms with Crippen molar-refractivity contribution in [3.63, 3.8) is 0 Å². The number of aliphatic hydroxyl groups is 1. The molecule has 1 aromatic carbocycles. The van der Waals surface area contributed by atoms with E-state index >= 15 is 0 Å². The number of hydrogen-bond acceptors (Lipinski definition) is 6. The molecule has 4 aromatic rings. The van der Waals surface area contributed by atoms with E-state index in [1.54, 1.807) is 35.1 Å². The predicted molar refractivity (Wildman–Crippen MR) is 138 cm³/mol. The number of amides is 1. The molecule has 1 saturated carbocycles. The summed E-state index contributed by atoms with van der Waals surface area (Å²) in [6.07, 6.45) is 7.60. The third-order valence-corrected chi connectivity index (χ3v) is 6.16. The minimum Gasteiger partial charge on any atom is -0.496 e. The summed E-state index contributed by atoms with van der Waals surface area (Å²) in [6.45, 7) is 10.1. The van der Waals surface area contributed by atoms with Crippen molar-refractivity contribution < 1.29 is 14.6 Å². The summed E-state index contributed by atoms with van der Waals surface area (Å²) < 4.78 is 8.98. The largest absolute Gasteiger partial charge is 0.496 e. The fourth-order valence-corrected chi connectivity index (χ4v) is 4.38. The Morgan fingerprint density at radius 2 is 1.97 bits per heavy atom. The highest BCUT2D eigenvalue weighted by Gasteiger charge is 2.30. The maximum Gasteiger partial charge on any atom is 0.260 e. The number of ether oxygens (including phenoxy) is 1. The van der Waals surface area contributed by atoms with Gasteiger partial charge in [0, 0.05) is 29.8 Å². The van der Waals surface area contributed by atoms with Crippen LogP contribution in [0.4, 0.5) is 5.82 Å². The van der Waals surface area contributed by atoms with Crippen LogP contribution in [0.15, 0.2) is 42.9 Å². The average molecular weight is 481 g/mol. The number of rotatable bonds is 4. The second kappa shape index (κ2) is 11.8. The van der Waals surface area contributed by atoms with Gasteiger partial charge in [-0.05, 0) is 37.5 Å². The molecule has 3 atom stereocenters. The molecular formula is C26H36N6O3. The van der Waals surface area contributed by atoms with Gasteiger partial charge < -0.3 is 15.2 Å². The maximum absolute atomic E-state index is 13.1. The standard InChI is InChI=1S/C22H24N6O3.2C2H6/c1-13-17(5-3-6-18(13)29)27-12-14-9-15(19(31-2)10-16(14)26-27)22(30)25-21-11-23-20-7-4-8-24-28(20)21;2*1-2/h4,7-13,17-18,29H,3,5-6H2,1-2H3,(H,25,30);2*1-2H3. The zero-order valence-electron chi connectivity index (χ0n) is 21.4. The van der Waals surface area contributed by atoms with Crippen LogP contribution in [0.5, 0.6) is 5.75 Å². The van der Waals surface area contributed by atoms with Crippen molar-refractivity contribution in [3.8, 4) is 5.75 Å². The van der Waals surface area contributed by atoms with Gasteiger partial charge in [-0.15, -0.1) is 0 Å². The lowest BCUT2D eigenvalue weighted by molar-refractivity contribution is 0.0430. The Hall–Kier alpha value is -3.46. The third kappa shape index (κ3) is 5.30. The number of aromatic nitrogens is 5. The first-order chi connectivity index (χ1) is 17.0. The fraction of sp³-hybridized carbons (Fsp3) is 0.462. The molecule has 9 nitrogen and oxygen atoms in total. The second-order valence-electron chi connectivity index (χ2n) is 8.04. The Morgan fingerprint density at radius 3 is 2.71 bits per heavy atom. The van der Waals surface area contributed by atoms with E-state index < -0.39 is 0 Å². The summed E-state index contributed by atoms with van der Waals surface area (Å²) in [4.78, 5) is 17.3. The van der Waals surface area contributed by atoms with Gasteiger partial charge in [-0.2, -0.15) is 14.7 Å². The number of methoxy groups -OCH3 is 1. The van der Waals surface area contributed by atoms with Crippen LogP contribution in [-0.2, 0) is 0 Å². The van der Waals surface area contributed by atoms with E-state index in [9.17, 15) is 9.90 Å². The minimum atomic E-state index is -0.319. The molecule has 35 heavy (non-hydrogen) atoms. The number of benzene rings is 1. The highest BCUT2D eigenvalue weighted by atomic mass is 16.5. The molecule has 5 rings (SSSR count). The topological polar surface area (TPSA) is 107 Å². The van der Waals surface area contributed by atoms with Crippen LogP contribution in [0.2, 0.25) is 0 Å². The summed E-state index contributed by atoms with van der Waals surface area (Å²) >= 11 is 0. The Morgan fingerprint density at radius 1 is 1.20 bits per heavy atom. The second-order valence-corrected chi connectivity index (χ2v) is 8.04. The molecule has 3 heterocycles. The molecule has 0 aliphatic heterocycles. The maximum atomic E-state index is 13.1. The van der Waals surface area contributed by atoms with Crippen LogP contribution in [0, 0.1) is 5.92 Å². The summed E-state index contributed by atoms with van der Waals surface area (Å²) in [5.74, 6) is 0.716. The highest BCUT2D eigenvalue weighted by molar-refractivity contribution is 6.08. The number of anilines is 1. The Labute approximate surface area is 206 Å². The summed E-state index contributed by atoms with van der Waals surface area (Å²) in [5.41, 5.74) is 1.79. The zero-order chi connectivity index (χ0) is 25.5. The lowest BCUT2D eigenvalue weighted by atomic mass is 9.83. The number of carbonyl (C=O) groups excluding carboxylic acids is 1. The Bertz CT molecular complexity index is 1260. The molecular weight excluding hydrogens is 444 g/mol. The first-order valence-electron chi connectivity index (χ1n) is 12.4. The van der Waals surface area contributed by atoms with Gasteiger partial charge in [0.1, 0.15) is 5.75 Å². The van der Waals surface area contributed by atoms with E-state index in [-0.39, 0.29) is 24.0 Å². The number of hydrogen-bond donors (Lipinski definition) is 2. The van der Waals surface area contributed by atoms with E-state index in [1.807, 2.05) is 44.6 Å². The number of imidazole rings is 1. The van der Waals surface area contributed by atoms with Crippen LogP contribution in [0.1, 0.15) is 70.3 Å². The van der Waals surface area contributed by atoms with Crippen LogP contribution < -0.4 is 10.1 Å². The summed E-state index contributed by atoms with van der Waals surface area (Å²) in [6, 6.07) is 7.29. The van der Waals surface area contributed by atoms with Crippen molar-refractivity contribution in [1.29, 1.82) is 0 Å². The van der Waals surface area contributed by atoms with Gasteiger partial charge in [-0.25, -0.2) is 4.98 Å². The SMILES string of the molecule is CC.CC.COc1cc2nn(C3CCCC(O)C3C)cc2cc1C(=O)Nc1cnc2cccnn12. The summed E-state index contributed by atoms with van der Waals surface area (Å²) in [7, 11) is 1.53. The predicted octanol–water partition coefficient (Wildman–Crippen LogP) is 5.11. The van der Waals surface area contributed by atoms with Crippen LogP contribution in [0.25, 0.3) is 16.6 Å². The first kappa shape index (κ1) is 26.2. The Balaban J connectivity index is 0.000000815. The molecule has 2 N–H and O–H groups in total. The molecule has 1 amide bonds. The van der Waals surface area contributed by atoms with Crippen molar-refractivity contribution in [2.45, 2.75) is 66.0 Å². The van der Waals surface area contributed by atoms with Crippen LogP contribution in [0.3, 0.4) is 0 Å². The third-order valence-electron chi connectivity index (χ3n) is 6.16. The van der Waals surface area contributed by atoms with Gasteiger partial charge in [0.25, 0.3) is 5.91 Å². The molecule has 1 aliphatic carbocycles. The molecule has 0 spiro atoms. The van der Waals surface area contributed by atoms with E-state index in [0.29, 0.717) is 22.8 Å².